The zero-order valence-electron chi connectivity index (χ0n) is 23.7. The molecule has 2 aromatic carbocycles. The highest BCUT2D eigenvalue weighted by Crippen LogP contribution is 2.49. The number of likely N-dealkylation sites (N-methyl/N-ethyl adjacent to an activating group) is 1. The minimum Gasteiger partial charge on any atom is -0.511 e. The van der Waals surface area contributed by atoms with Crippen LogP contribution in [-0.2, 0) is 16.0 Å². The second-order valence-electron chi connectivity index (χ2n) is 11.2. The van der Waals surface area contributed by atoms with E-state index in [2.05, 4.69) is 5.32 Å². The highest BCUT2D eigenvalue weighted by molar-refractivity contribution is 6.14. The first-order valence-corrected chi connectivity index (χ1v) is 13.5. The highest BCUT2D eigenvalue weighted by Gasteiger charge is 2.49. The Morgan fingerprint density at radius 3 is 2.40 bits per heavy atom. The molecule has 0 radical (unpaired) electrons. The van der Waals surface area contributed by atoms with Crippen molar-refractivity contribution in [2.24, 2.45) is 17.6 Å². The summed E-state index contributed by atoms with van der Waals surface area (Å²) in [6, 6.07) is 9.92. The number of aromatic hydroxyl groups is 1. The lowest BCUT2D eigenvalue weighted by Gasteiger charge is -2.43. The topological polar surface area (TPSA) is 190 Å². The number of aliphatic hydroxyl groups is 3. The molecule has 42 heavy (non-hydrogen) atoms. The van der Waals surface area contributed by atoms with E-state index in [1.165, 1.54) is 13.0 Å². The fourth-order valence-corrected chi connectivity index (χ4v) is 5.77. The second kappa shape index (κ2) is 11.8. The van der Waals surface area contributed by atoms with Crippen molar-refractivity contribution in [1.82, 2.24) is 10.2 Å². The summed E-state index contributed by atoms with van der Waals surface area (Å²) in [6.45, 7) is 2.47. The Morgan fingerprint density at radius 1 is 1.14 bits per heavy atom. The zero-order chi connectivity index (χ0) is 30.9. The molecule has 0 fully saturated rings. The SMILES string of the molecule is CN(C)CCNC(=O)c1ccc(-c2ccc(O)c3c2C[C@H]2C[C@@H](C/C(O)=C(\C=O)C(N)=O)[C@](C)(O)C(O)=C2C3=O)cc1. The first-order valence-electron chi connectivity index (χ1n) is 13.5. The third-order valence-electron chi connectivity index (χ3n) is 8.16. The van der Waals surface area contributed by atoms with Crippen molar-refractivity contribution >= 4 is 23.9 Å². The molecule has 2 aliphatic carbocycles. The Bertz CT molecular complexity index is 1500. The number of carbonyl (C=O) groups excluding carboxylic acids is 4. The van der Waals surface area contributed by atoms with E-state index in [-0.39, 0.29) is 48.3 Å². The Hall–Kier alpha value is -4.48. The van der Waals surface area contributed by atoms with Gasteiger partial charge in [-0.05, 0) is 74.7 Å². The number of carbonyl (C=O) groups is 4. The minimum atomic E-state index is -1.98. The van der Waals surface area contributed by atoms with Crippen LogP contribution < -0.4 is 11.1 Å². The van der Waals surface area contributed by atoms with Crippen LogP contribution in [0.4, 0.5) is 0 Å². The van der Waals surface area contributed by atoms with Gasteiger partial charge in [-0.3, -0.25) is 19.2 Å². The molecule has 11 nitrogen and oxygen atoms in total. The average molecular weight is 578 g/mol. The summed E-state index contributed by atoms with van der Waals surface area (Å²) in [5.74, 6) is -4.92. The standard InChI is InChI=1S/C31H35N3O8/c1-31(42)19(14-24(37)22(15-35)29(32)40)12-18-13-21-20(8-9-23(36)26(21)27(38)25(18)28(31)39)16-4-6-17(7-5-16)30(41)33-10-11-34(2)3/h4-9,15,18-19,36-37,39,42H,10-14H2,1-3H3,(H2,32,40)(H,33,41)/b24-22-/t18-,19+,31+/m1/s1. The van der Waals surface area contributed by atoms with E-state index in [4.69, 9.17) is 5.73 Å². The first-order chi connectivity index (χ1) is 19.8. The number of amides is 2. The highest BCUT2D eigenvalue weighted by atomic mass is 16.3. The maximum atomic E-state index is 13.7. The van der Waals surface area contributed by atoms with Crippen molar-refractivity contribution in [3.05, 3.63) is 75.8 Å². The molecule has 11 heteroatoms. The van der Waals surface area contributed by atoms with Crippen LogP contribution in [0.1, 0.15) is 46.0 Å². The summed E-state index contributed by atoms with van der Waals surface area (Å²) in [5, 5.41) is 46.3. The third kappa shape index (κ3) is 5.65. The smallest absolute Gasteiger partial charge is 0.255 e. The fraction of sp³-hybridized carbons (Fsp3) is 0.355. The van der Waals surface area contributed by atoms with E-state index in [1.807, 2.05) is 19.0 Å². The van der Waals surface area contributed by atoms with Gasteiger partial charge in [0.05, 0.1) is 5.56 Å². The number of rotatable bonds is 9. The van der Waals surface area contributed by atoms with Crippen LogP contribution >= 0.6 is 0 Å². The number of nitrogens with two attached hydrogens (primary N) is 1. The number of aldehydes is 1. The largest absolute Gasteiger partial charge is 0.511 e. The van der Waals surface area contributed by atoms with Crippen molar-refractivity contribution in [2.45, 2.75) is 31.8 Å². The van der Waals surface area contributed by atoms with Gasteiger partial charge < -0.3 is 36.4 Å². The van der Waals surface area contributed by atoms with Crippen molar-refractivity contribution in [1.29, 1.82) is 0 Å². The van der Waals surface area contributed by atoms with E-state index in [0.29, 0.717) is 35.3 Å². The molecule has 7 N–H and O–H groups in total. The Balaban J connectivity index is 1.69. The molecule has 222 valence electrons. The summed E-state index contributed by atoms with van der Waals surface area (Å²) < 4.78 is 0. The molecule has 0 saturated carbocycles. The number of benzene rings is 2. The number of hydrogen-bond acceptors (Lipinski definition) is 9. The molecule has 0 saturated heterocycles. The van der Waals surface area contributed by atoms with Crippen molar-refractivity contribution in [3.63, 3.8) is 0 Å². The lowest BCUT2D eigenvalue weighted by Crippen LogP contribution is -2.46. The normalized spacial score (nSPS) is 22.3. The predicted molar refractivity (Wildman–Crippen MR) is 154 cm³/mol. The number of fused-ring (bicyclic) bond motifs is 2. The number of nitrogens with one attached hydrogen (secondary N) is 1. The summed E-state index contributed by atoms with van der Waals surface area (Å²) in [5.41, 5.74) is 4.91. The molecule has 2 aromatic rings. The van der Waals surface area contributed by atoms with E-state index >= 15 is 0 Å². The van der Waals surface area contributed by atoms with Gasteiger partial charge in [0.2, 0.25) is 0 Å². The Kier molecular flexibility index (Phi) is 8.55. The maximum absolute atomic E-state index is 13.7. The summed E-state index contributed by atoms with van der Waals surface area (Å²) in [7, 11) is 3.82. The van der Waals surface area contributed by atoms with E-state index < -0.39 is 46.2 Å². The van der Waals surface area contributed by atoms with Gasteiger partial charge in [0, 0.05) is 36.6 Å². The molecule has 0 heterocycles. The van der Waals surface area contributed by atoms with Crippen molar-refractivity contribution < 1.29 is 39.6 Å². The van der Waals surface area contributed by atoms with Gasteiger partial charge in [0.25, 0.3) is 11.8 Å². The lowest BCUT2D eigenvalue weighted by atomic mass is 9.64. The van der Waals surface area contributed by atoms with Crippen molar-refractivity contribution in [2.75, 3.05) is 27.2 Å². The number of ketones is 1. The lowest BCUT2D eigenvalue weighted by molar-refractivity contribution is -0.117. The Labute approximate surface area is 243 Å². The Morgan fingerprint density at radius 2 is 1.81 bits per heavy atom. The van der Waals surface area contributed by atoms with Crippen LogP contribution in [0.3, 0.4) is 0 Å². The molecule has 0 bridgehead atoms. The average Bonchev–Trinajstić information content (AvgIpc) is 2.92. The van der Waals surface area contributed by atoms with Gasteiger partial charge in [-0.15, -0.1) is 0 Å². The number of aliphatic hydroxyl groups excluding tert-OH is 2. The number of hydrogen-bond donors (Lipinski definition) is 6. The van der Waals surface area contributed by atoms with Gasteiger partial charge in [-0.25, -0.2) is 0 Å². The number of Topliss-reactive ketones (excluding diaryl/α,β-unsaturated/α-hetero) is 1. The molecular formula is C31H35N3O8. The molecule has 4 rings (SSSR count). The van der Waals surface area contributed by atoms with Gasteiger partial charge in [0.15, 0.2) is 12.1 Å². The monoisotopic (exact) mass is 577 g/mol. The number of primary amides is 1. The van der Waals surface area contributed by atoms with E-state index in [9.17, 15) is 39.6 Å². The molecule has 0 unspecified atom stereocenters. The van der Waals surface area contributed by atoms with Crippen LogP contribution in [0.25, 0.3) is 11.1 Å². The zero-order valence-corrected chi connectivity index (χ0v) is 23.7. The van der Waals surface area contributed by atoms with Crippen LogP contribution in [0.5, 0.6) is 5.75 Å². The summed E-state index contributed by atoms with van der Waals surface area (Å²) in [4.78, 5) is 51.0. The van der Waals surface area contributed by atoms with E-state index in [0.717, 1.165) is 0 Å². The van der Waals surface area contributed by atoms with E-state index in [1.54, 1.807) is 30.3 Å². The number of phenolic OH excluding ortho intramolecular Hbond substituents is 1. The maximum Gasteiger partial charge on any atom is 0.255 e. The van der Waals surface area contributed by atoms with Crippen molar-refractivity contribution in [3.8, 4) is 16.9 Å². The van der Waals surface area contributed by atoms with Crippen LogP contribution in [0, 0.1) is 11.8 Å². The van der Waals surface area contributed by atoms with Gasteiger partial charge >= 0.3 is 0 Å². The molecule has 2 aliphatic rings. The molecule has 0 aliphatic heterocycles. The molecule has 0 aromatic heterocycles. The summed E-state index contributed by atoms with van der Waals surface area (Å²) >= 11 is 0. The number of nitrogens with zero attached hydrogens (tertiary/aromatic N) is 1. The molecule has 2 amide bonds. The molecule has 3 atom stereocenters. The number of allylic oxidation sites excluding steroid dienone is 2. The van der Waals surface area contributed by atoms with Gasteiger partial charge in [-0.1, -0.05) is 18.2 Å². The minimum absolute atomic E-state index is 0.0183. The number of phenols is 1. The quantitative estimate of drug-likeness (QED) is 0.0852. The van der Waals surface area contributed by atoms with Crippen LogP contribution in [0.15, 0.2) is 59.1 Å². The second-order valence-corrected chi connectivity index (χ2v) is 11.2. The van der Waals surface area contributed by atoms with Gasteiger partial charge in [-0.2, -0.15) is 0 Å². The van der Waals surface area contributed by atoms with Gasteiger partial charge in [0.1, 0.15) is 28.4 Å². The molecular weight excluding hydrogens is 542 g/mol. The predicted octanol–water partition coefficient (Wildman–Crippen LogP) is 2.18. The summed E-state index contributed by atoms with van der Waals surface area (Å²) in [6.07, 6.45) is 0.117. The fourth-order valence-electron chi connectivity index (χ4n) is 5.77. The third-order valence-corrected chi connectivity index (χ3v) is 8.16. The van der Waals surface area contributed by atoms with Crippen LogP contribution in [-0.4, -0.2) is 82.0 Å². The first kappa shape index (κ1) is 30.5. The molecule has 0 spiro atoms. The van der Waals surface area contributed by atoms with Crippen LogP contribution in [0.2, 0.25) is 0 Å².